The third-order valence-corrected chi connectivity index (χ3v) is 5.16. The van der Waals surface area contributed by atoms with E-state index in [0.717, 1.165) is 19.5 Å². The predicted octanol–water partition coefficient (Wildman–Crippen LogP) is 1.78. The van der Waals surface area contributed by atoms with Crippen molar-refractivity contribution >= 4 is 5.91 Å². The summed E-state index contributed by atoms with van der Waals surface area (Å²) < 4.78 is 5.70. The van der Waals surface area contributed by atoms with Crippen molar-refractivity contribution in [1.82, 2.24) is 4.90 Å². The number of carbonyl (C=O) groups is 1. The smallest absolute Gasteiger partial charge is 0.243 e. The molecular formula is C15H28N2O2. The zero-order valence-corrected chi connectivity index (χ0v) is 12.7. The maximum atomic E-state index is 12.8. The zero-order valence-electron chi connectivity index (χ0n) is 12.7. The molecule has 1 saturated heterocycles. The second-order valence-corrected chi connectivity index (χ2v) is 6.84. The second-order valence-electron chi connectivity index (χ2n) is 6.84. The standard InChI is InChI=1S/C15H28N2O2/c1-5-19-12-9-15(16,14(12,3)4)13(18)17-8-6-7-11(2)10-17/h11-12H,5-10,16H2,1-4H3. The first-order chi connectivity index (χ1) is 8.83. The third kappa shape index (κ3) is 2.29. The number of hydrogen-bond acceptors (Lipinski definition) is 3. The number of nitrogens with zero attached hydrogens (tertiary/aromatic N) is 1. The van der Waals surface area contributed by atoms with Gasteiger partial charge in [-0.25, -0.2) is 0 Å². The number of rotatable bonds is 3. The van der Waals surface area contributed by atoms with Gasteiger partial charge in [-0.1, -0.05) is 20.8 Å². The number of ether oxygens (including phenoxy) is 1. The van der Waals surface area contributed by atoms with Crippen LogP contribution in [-0.2, 0) is 9.53 Å². The molecule has 0 bridgehead atoms. The molecule has 0 aromatic carbocycles. The summed E-state index contributed by atoms with van der Waals surface area (Å²) in [6.45, 7) is 10.7. The number of likely N-dealkylation sites (tertiary alicyclic amines) is 1. The quantitative estimate of drug-likeness (QED) is 0.849. The highest BCUT2D eigenvalue weighted by atomic mass is 16.5. The molecule has 1 aliphatic carbocycles. The highest BCUT2D eigenvalue weighted by Crippen LogP contribution is 2.50. The van der Waals surface area contributed by atoms with E-state index < -0.39 is 5.54 Å². The van der Waals surface area contributed by atoms with Gasteiger partial charge in [-0.2, -0.15) is 0 Å². The summed E-state index contributed by atoms with van der Waals surface area (Å²) in [5.41, 5.74) is 5.43. The fraction of sp³-hybridized carbons (Fsp3) is 0.933. The zero-order chi connectivity index (χ0) is 14.3. The molecule has 19 heavy (non-hydrogen) atoms. The lowest BCUT2D eigenvalue weighted by atomic mass is 9.54. The Morgan fingerprint density at radius 2 is 2.16 bits per heavy atom. The monoisotopic (exact) mass is 268 g/mol. The number of carbonyl (C=O) groups excluding carboxylic acids is 1. The van der Waals surface area contributed by atoms with Crippen molar-refractivity contribution in [3.05, 3.63) is 0 Å². The van der Waals surface area contributed by atoms with Gasteiger partial charge in [0.15, 0.2) is 0 Å². The largest absolute Gasteiger partial charge is 0.378 e. The lowest BCUT2D eigenvalue weighted by molar-refractivity contribution is -0.180. The number of piperidine rings is 1. The first-order valence-corrected chi connectivity index (χ1v) is 7.52. The molecule has 4 nitrogen and oxygen atoms in total. The SMILES string of the molecule is CCOC1CC(N)(C(=O)N2CCCC(C)C2)C1(C)C. The van der Waals surface area contributed by atoms with E-state index >= 15 is 0 Å². The minimum atomic E-state index is -0.746. The molecule has 1 aliphatic heterocycles. The van der Waals surface area contributed by atoms with Crippen molar-refractivity contribution in [1.29, 1.82) is 0 Å². The van der Waals surface area contributed by atoms with Crippen LogP contribution in [0.25, 0.3) is 0 Å². The summed E-state index contributed by atoms with van der Waals surface area (Å²) in [7, 11) is 0. The van der Waals surface area contributed by atoms with Crippen LogP contribution < -0.4 is 5.73 Å². The lowest BCUT2D eigenvalue weighted by Crippen LogP contribution is -2.76. The Morgan fingerprint density at radius 3 is 2.68 bits per heavy atom. The Kier molecular flexibility index (Phi) is 3.94. The first-order valence-electron chi connectivity index (χ1n) is 7.52. The molecule has 3 atom stereocenters. The van der Waals surface area contributed by atoms with Crippen molar-refractivity contribution in [3.8, 4) is 0 Å². The molecule has 2 rings (SSSR count). The van der Waals surface area contributed by atoms with Crippen LogP contribution in [0, 0.1) is 11.3 Å². The Bertz CT molecular complexity index is 356. The van der Waals surface area contributed by atoms with Gasteiger partial charge < -0.3 is 15.4 Å². The van der Waals surface area contributed by atoms with Crippen LogP contribution in [0.5, 0.6) is 0 Å². The highest BCUT2D eigenvalue weighted by molar-refractivity contribution is 5.89. The molecule has 4 heteroatoms. The Labute approximate surface area is 116 Å². The molecule has 3 unspecified atom stereocenters. The summed E-state index contributed by atoms with van der Waals surface area (Å²) in [4.78, 5) is 14.7. The molecule has 0 aromatic heterocycles. The number of hydrogen-bond donors (Lipinski definition) is 1. The van der Waals surface area contributed by atoms with Crippen LogP contribution >= 0.6 is 0 Å². The molecule has 2 aliphatic rings. The maximum absolute atomic E-state index is 12.8. The third-order valence-electron chi connectivity index (χ3n) is 5.16. The summed E-state index contributed by atoms with van der Waals surface area (Å²) in [5, 5.41) is 0. The van der Waals surface area contributed by atoms with E-state index in [2.05, 4.69) is 20.8 Å². The normalized spacial score (nSPS) is 37.8. The van der Waals surface area contributed by atoms with Gasteiger partial charge in [0, 0.05) is 31.5 Å². The van der Waals surface area contributed by atoms with E-state index in [9.17, 15) is 4.79 Å². The predicted molar refractivity (Wildman–Crippen MR) is 75.7 cm³/mol. The average Bonchev–Trinajstić information content (AvgIpc) is 2.37. The van der Waals surface area contributed by atoms with Crippen molar-refractivity contribution in [2.45, 2.75) is 58.6 Å². The summed E-state index contributed by atoms with van der Waals surface area (Å²) in [5.74, 6) is 0.715. The van der Waals surface area contributed by atoms with Crippen molar-refractivity contribution in [2.24, 2.45) is 17.1 Å². The molecule has 1 heterocycles. The fourth-order valence-corrected chi connectivity index (χ4v) is 3.45. The molecular weight excluding hydrogens is 240 g/mol. The van der Waals surface area contributed by atoms with Crippen LogP contribution in [0.2, 0.25) is 0 Å². The summed E-state index contributed by atoms with van der Waals surface area (Å²) in [6, 6.07) is 0. The van der Waals surface area contributed by atoms with Crippen molar-refractivity contribution in [2.75, 3.05) is 19.7 Å². The van der Waals surface area contributed by atoms with E-state index in [4.69, 9.17) is 10.5 Å². The molecule has 1 saturated carbocycles. The van der Waals surface area contributed by atoms with E-state index in [-0.39, 0.29) is 17.4 Å². The average molecular weight is 268 g/mol. The number of amides is 1. The number of nitrogens with two attached hydrogens (primary N) is 1. The van der Waals surface area contributed by atoms with E-state index in [1.165, 1.54) is 6.42 Å². The molecule has 110 valence electrons. The molecule has 0 aromatic rings. The topological polar surface area (TPSA) is 55.6 Å². The Hall–Kier alpha value is -0.610. The van der Waals surface area contributed by atoms with Crippen molar-refractivity contribution in [3.63, 3.8) is 0 Å². The van der Waals surface area contributed by atoms with Crippen molar-refractivity contribution < 1.29 is 9.53 Å². The second kappa shape index (κ2) is 5.06. The summed E-state index contributed by atoms with van der Waals surface area (Å²) >= 11 is 0. The Balaban J connectivity index is 2.07. The van der Waals surface area contributed by atoms with E-state index in [0.29, 0.717) is 18.9 Å². The Morgan fingerprint density at radius 1 is 1.47 bits per heavy atom. The molecule has 0 spiro atoms. The van der Waals surface area contributed by atoms with Crippen LogP contribution in [0.3, 0.4) is 0 Å². The molecule has 2 fully saturated rings. The van der Waals surface area contributed by atoms with E-state index in [1.54, 1.807) is 0 Å². The molecule has 2 N–H and O–H groups in total. The van der Waals surface area contributed by atoms with Crippen LogP contribution in [0.4, 0.5) is 0 Å². The van der Waals surface area contributed by atoms with Gasteiger partial charge in [-0.05, 0) is 25.7 Å². The first kappa shape index (κ1) is 14.8. The fourth-order valence-electron chi connectivity index (χ4n) is 3.45. The molecule has 1 amide bonds. The van der Waals surface area contributed by atoms with Gasteiger partial charge in [-0.15, -0.1) is 0 Å². The van der Waals surface area contributed by atoms with Gasteiger partial charge in [0.25, 0.3) is 0 Å². The molecule has 0 radical (unpaired) electrons. The maximum Gasteiger partial charge on any atom is 0.243 e. The van der Waals surface area contributed by atoms with Crippen LogP contribution in [0.15, 0.2) is 0 Å². The van der Waals surface area contributed by atoms with Crippen LogP contribution in [-0.4, -0.2) is 42.1 Å². The van der Waals surface area contributed by atoms with Gasteiger partial charge in [-0.3, -0.25) is 4.79 Å². The highest BCUT2D eigenvalue weighted by Gasteiger charge is 2.63. The van der Waals surface area contributed by atoms with E-state index in [1.807, 2.05) is 11.8 Å². The van der Waals surface area contributed by atoms with Gasteiger partial charge >= 0.3 is 0 Å². The minimum absolute atomic E-state index is 0.105. The van der Waals surface area contributed by atoms with Gasteiger partial charge in [0.05, 0.1) is 6.10 Å². The summed E-state index contributed by atoms with van der Waals surface area (Å²) in [6.07, 6.45) is 3.07. The van der Waals surface area contributed by atoms with Gasteiger partial charge in [0.1, 0.15) is 5.54 Å². The van der Waals surface area contributed by atoms with Gasteiger partial charge in [0.2, 0.25) is 5.91 Å². The lowest BCUT2D eigenvalue weighted by Gasteiger charge is -2.59. The van der Waals surface area contributed by atoms with Crippen LogP contribution in [0.1, 0.15) is 47.0 Å². The minimum Gasteiger partial charge on any atom is -0.378 e.